The number of nitrogens with two attached hydrogens (primary N) is 3. The largest absolute Gasteiger partial charge is 0.508 e. The van der Waals surface area contributed by atoms with Gasteiger partial charge in [0.2, 0.25) is 29.7 Å². The molecule has 3 aromatic heterocycles. The zero-order valence-corrected chi connectivity index (χ0v) is 42.8. The van der Waals surface area contributed by atoms with Crippen LogP contribution in [0.5, 0.6) is 5.75 Å². The first-order chi connectivity index (χ1) is 37.6. The normalized spacial score (nSPS) is 14.6. The molecule has 0 spiro atoms. The second-order valence-electron chi connectivity index (χ2n) is 19.0. The Morgan fingerprint density at radius 2 is 1.41 bits per heavy atom. The predicted octanol–water partition coefficient (Wildman–Crippen LogP) is 2.23. The summed E-state index contributed by atoms with van der Waals surface area (Å²) >= 11 is 0. The van der Waals surface area contributed by atoms with Crippen LogP contribution in [0.3, 0.4) is 0 Å². The minimum absolute atomic E-state index is 0.0159. The molecule has 4 aliphatic rings. The van der Waals surface area contributed by atoms with Crippen molar-refractivity contribution < 1.29 is 38.9 Å². The second-order valence-corrected chi connectivity index (χ2v) is 19.0. The molecule has 6 heterocycles. The summed E-state index contributed by atoms with van der Waals surface area (Å²) in [5.41, 5.74) is 19.3. The minimum atomic E-state index is -1.24. The average molecular weight is 1070 g/mol. The van der Waals surface area contributed by atoms with Gasteiger partial charge in [0, 0.05) is 112 Å². The van der Waals surface area contributed by atoms with Crippen molar-refractivity contribution in [3.05, 3.63) is 94.2 Å². The number of nitrogens with zero attached hydrogens (tertiary/aromatic N) is 14. The van der Waals surface area contributed by atoms with Gasteiger partial charge in [-0.15, -0.1) is 10.2 Å². The van der Waals surface area contributed by atoms with E-state index in [-0.39, 0.29) is 64.6 Å². The number of phenolic OH excluding ortho intramolecular Hbond substituents is 1. The number of aliphatic carboxylic acids is 1. The van der Waals surface area contributed by atoms with E-state index in [0.29, 0.717) is 149 Å². The number of carboxylic acid groups (broad SMARTS) is 2. The molecule has 2 aromatic carbocycles. The van der Waals surface area contributed by atoms with Crippen LogP contribution in [0, 0.1) is 0 Å². The quantitative estimate of drug-likeness (QED) is 0.0235. The van der Waals surface area contributed by atoms with Gasteiger partial charge in [-0.2, -0.15) is 15.0 Å². The lowest BCUT2D eigenvalue weighted by Crippen LogP contribution is -2.52. The van der Waals surface area contributed by atoms with E-state index in [0.717, 1.165) is 0 Å². The Balaban J connectivity index is 0.973. The van der Waals surface area contributed by atoms with Gasteiger partial charge in [0.15, 0.2) is 11.4 Å². The first-order valence-corrected chi connectivity index (χ1v) is 25.6. The number of hydrogen-bond donors (Lipinski definition) is 7. The number of aromatic nitrogens is 9. The van der Waals surface area contributed by atoms with Crippen LogP contribution >= 0.6 is 0 Å². The van der Waals surface area contributed by atoms with Gasteiger partial charge in [0.1, 0.15) is 29.2 Å². The summed E-state index contributed by atoms with van der Waals surface area (Å²) in [5.74, 6) is -1.66. The Morgan fingerprint density at radius 3 is 2.08 bits per heavy atom. The van der Waals surface area contributed by atoms with Crippen molar-refractivity contribution in [1.29, 1.82) is 0 Å². The number of carbonyl (C=O) groups excluding carboxylic acids is 2. The summed E-state index contributed by atoms with van der Waals surface area (Å²) in [6.07, 6.45) is 6.48. The highest BCUT2D eigenvalue weighted by molar-refractivity contribution is 6.08. The SMILES string of the molecule is C[C@@H](C(=O)N1CCN(c2nc(Nc3ccc(-c4c5ccc(=O)cc-5oc5cc(O)ccc45)c(C(=O)O)c3)nc(N3CCN(C(=O)[C@H](CCCCN)n4cc(CCC(=O)O)nn4)CC3)n2)CC1)n1cc(CCCN=C(N)N)nn1. The summed E-state index contributed by atoms with van der Waals surface area (Å²) in [4.78, 5) is 91.0. The molecule has 0 saturated carbocycles. The lowest BCUT2D eigenvalue weighted by Gasteiger charge is -2.38. The van der Waals surface area contributed by atoms with Crippen molar-refractivity contribution in [1.82, 2.24) is 54.7 Å². The Hall–Kier alpha value is -9.27. The highest BCUT2D eigenvalue weighted by Gasteiger charge is 2.33. The number of aryl methyl sites for hydroxylation is 2. The van der Waals surface area contributed by atoms with Gasteiger partial charge in [-0.1, -0.05) is 16.5 Å². The minimum Gasteiger partial charge on any atom is -0.508 e. The average Bonchev–Trinajstić information content (AvgIpc) is 4.25. The third kappa shape index (κ3) is 12.4. The molecule has 0 radical (unpaired) electrons. The van der Waals surface area contributed by atoms with Crippen LogP contribution in [0.4, 0.5) is 23.5 Å². The number of nitrogens with one attached hydrogen (secondary N) is 1. The van der Waals surface area contributed by atoms with E-state index in [1.807, 2.05) is 9.80 Å². The first kappa shape index (κ1) is 53.6. The Kier molecular flexibility index (Phi) is 16.3. The molecule has 1 aliphatic carbocycles. The molecule has 27 heteroatoms. The number of anilines is 4. The van der Waals surface area contributed by atoms with Crippen LogP contribution < -0.4 is 37.7 Å². The zero-order chi connectivity index (χ0) is 55.0. The number of amides is 2. The topological polar surface area (TPSA) is 375 Å². The van der Waals surface area contributed by atoms with E-state index in [2.05, 4.69) is 30.9 Å². The maximum Gasteiger partial charge on any atom is 0.336 e. The fourth-order valence-corrected chi connectivity index (χ4v) is 9.58. The number of aromatic carboxylic acids is 1. The van der Waals surface area contributed by atoms with Gasteiger partial charge < -0.3 is 61.9 Å². The van der Waals surface area contributed by atoms with Crippen LogP contribution in [0.25, 0.3) is 33.4 Å². The number of aliphatic imine (C=N–C) groups is 1. The summed E-state index contributed by atoms with van der Waals surface area (Å²) in [5, 5.41) is 50.8. The maximum atomic E-state index is 14.3. The van der Waals surface area contributed by atoms with E-state index >= 15 is 0 Å². The molecule has 3 aliphatic heterocycles. The number of carboxylic acids is 2. The number of unbranched alkanes of at least 4 members (excludes halogenated alkanes) is 1. The summed E-state index contributed by atoms with van der Waals surface area (Å²) < 4.78 is 9.07. The Morgan fingerprint density at radius 1 is 0.756 bits per heavy atom. The van der Waals surface area contributed by atoms with Crippen LogP contribution in [-0.2, 0) is 27.2 Å². The van der Waals surface area contributed by atoms with Crippen molar-refractivity contribution >= 4 is 64.2 Å². The number of benzene rings is 3. The number of fused-ring (bicyclic) bond motifs is 2. The van der Waals surface area contributed by atoms with Crippen molar-refractivity contribution in [2.75, 3.05) is 80.6 Å². The molecule has 78 heavy (non-hydrogen) atoms. The smallest absolute Gasteiger partial charge is 0.336 e. The van der Waals surface area contributed by atoms with Crippen molar-refractivity contribution in [3.8, 4) is 28.2 Å². The van der Waals surface area contributed by atoms with Gasteiger partial charge in [-0.05, 0) is 87.5 Å². The molecule has 9 rings (SSSR count). The third-order valence-corrected chi connectivity index (χ3v) is 13.7. The molecule has 408 valence electrons. The van der Waals surface area contributed by atoms with Crippen molar-refractivity contribution in [2.24, 2.45) is 22.2 Å². The van der Waals surface area contributed by atoms with E-state index in [4.69, 9.17) is 36.6 Å². The van der Waals surface area contributed by atoms with Crippen LogP contribution in [0.2, 0.25) is 0 Å². The predicted molar refractivity (Wildman–Crippen MR) is 286 cm³/mol. The molecule has 27 nitrogen and oxygen atoms in total. The van der Waals surface area contributed by atoms with Crippen LogP contribution in [0.1, 0.15) is 72.9 Å². The van der Waals surface area contributed by atoms with Crippen molar-refractivity contribution in [2.45, 2.75) is 64.0 Å². The Labute approximate surface area is 445 Å². The fraction of sp³-hybridized carbons (Fsp3) is 0.392. The highest BCUT2D eigenvalue weighted by Crippen LogP contribution is 2.42. The van der Waals surface area contributed by atoms with Gasteiger partial charge in [0.05, 0.1) is 23.4 Å². The fourth-order valence-electron chi connectivity index (χ4n) is 9.58. The van der Waals surface area contributed by atoms with Crippen molar-refractivity contribution in [3.63, 3.8) is 0 Å². The number of guanidine groups is 1. The van der Waals surface area contributed by atoms with Crippen LogP contribution in [-0.4, -0.2) is 165 Å². The van der Waals surface area contributed by atoms with Crippen LogP contribution in [0.15, 0.2) is 81.2 Å². The number of rotatable bonds is 21. The molecule has 2 amide bonds. The van der Waals surface area contributed by atoms with E-state index in [1.165, 1.54) is 35.0 Å². The molecular formula is C51H60N18O9. The molecule has 2 saturated heterocycles. The molecule has 0 unspecified atom stereocenters. The summed E-state index contributed by atoms with van der Waals surface area (Å²) in [6, 6.07) is 12.2. The van der Waals surface area contributed by atoms with Gasteiger partial charge in [-0.3, -0.25) is 24.2 Å². The molecule has 5 aromatic rings. The number of phenols is 1. The number of aromatic hydroxyl groups is 1. The van der Waals surface area contributed by atoms with E-state index in [1.54, 1.807) is 58.1 Å². The van der Waals surface area contributed by atoms with Gasteiger partial charge in [0.25, 0.3) is 0 Å². The number of piperazine rings is 2. The molecular weight excluding hydrogens is 1010 g/mol. The third-order valence-electron chi connectivity index (χ3n) is 13.7. The monoisotopic (exact) mass is 1070 g/mol. The lowest BCUT2D eigenvalue weighted by atomic mass is 9.90. The van der Waals surface area contributed by atoms with Gasteiger partial charge >= 0.3 is 11.9 Å². The molecule has 2 fully saturated rings. The molecule has 2 atom stereocenters. The van der Waals surface area contributed by atoms with E-state index < -0.39 is 24.0 Å². The number of hydrogen-bond acceptors (Lipinski definition) is 19. The second kappa shape index (κ2) is 23.7. The first-order valence-electron chi connectivity index (χ1n) is 25.6. The standard InChI is InChI=1S/C51H60N18O9/c1-30(68-28-32(60-62-68)5-4-16-55-48(53)54)45(74)64-17-21-66(22-18-64)50-57-49(56-31-7-11-36(39(25-31)47(76)77)44-37-12-9-34(70)26-41(37)78-42-27-35(71)10-13-38(42)44)58-51(59-50)67-23-19-65(20-24-67)46(75)40(6-2-3-15-52)69-29-33(61-63-69)8-14-43(72)73/h7,9-13,25-30,40,70H,2-6,8,14-24,52H2,1H3,(H,72,73)(H,76,77)(H4,53,54,55)(H,56,57,58,59)/t30-,40-/m0/s1. The Bertz CT molecular complexity index is 3380. The maximum absolute atomic E-state index is 14.3. The summed E-state index contributed by atoms with van der Waals surface area (Å²) in [6.45, 7) is 5.33. The number of carbonyl (C=O) groups is 4. The van der Waals surface area contributed by atoms with E-state index in [9.17, 15) is 39.3 Å². The molecule has 0 bridgehead atoms. The lowest BCUT2D eigenvalue weighted by molar-refractivity contribution is -0.137. The molecule has 10 N–H and O–H groups in total. The highest BCUT2D eigenvalue weighted by atomic mass is 16.4. The zero-order valence-electron chi connectivity index (χ0n) is 42.8. The summed E-state index contributed by atoms with van der Waals surface area (Å²) in [7, 11) is 0. The van der Waals surface area contributed by atoms with Gasteiger partial charge in [-0.25, -0.2) is 14.2 Å².